The van der Waals surface area contributed by atoms with Gasteiger partial charge in [-0.15, -0.1) is 0 Å². The van der Waals surface area contributed by atoms with Crippen molar-refractivity contribution in [3.8, 4) is 0 Å². The summed E-state index contributed by atoms with van der Waals surface area (Å²) in [6.45, 7) is 10.8. The Balaban J connectivity index is 1.55. The van der Waals surface area contributed by atoms with E-state index in [1.54, 1.807) is 0 Å². The number of allylic oxidation sites excluding steroid dienone is 1. The Hall–Kier alpha value is -1.32. The Morgan fingerprint density at radius 2 is 1.67 bits per heavy atom. The lowest BCUT2D eigenvalue weighted by Crippen LogP contribution is -2.55. The topological polar surface area (TPSA) is 52.6 Å². The number of ether oxygens (including phenoxy) is 2. The van der Waals surface area contributed by atoms with Gasteiger partial charge in [0.2, 0.25) is 0 Å². The van der Waals surface area contributed by atoms with Crippen molar-refractivity contribution in [2.75, 3.05) is 0 Å². The lowest BCUT2D eigenvalue weighted by atomic mass is 9.47. The van der Waals surface area contributed by atoms with Crippen LogP contribution in [-0.4, -0.2) is 23.6 Å². The minimum absolute atomic E-state index is 0.0563. The van der Waals surface area contributed by atoms with E-state index in [0.717, 1.165) is 38.5 Å². The zero-order valence-electron chi connectivity index (χ0n) is 19.6. The fourth-order valence-electron chi connectivity index (χ4n) is 7.71. The minimum Gasteiger partial charge on any atom is -0.462 e. The van der Waals surface area contributed by atoms with Gasteiger partial charge >= 0.3 is 11.9 Å². The van der Waals surface area contributed by atoms with Gasteiger partial charge in [-0.25, -0.2) is 0 Å². The number of carbonyl (C=O) groups excluding carboxylic acids is 2. The van der Waals surface area contributed by atoms with Crippen molar-refractivity contribution in [3.05, 3.63) is 11.6 Å². The van der Waals surface area contributed by atoms with Gasteiger partial charge in [-0.1, -0.05) is 39.3 Å². The van der Waals surface area contributed by atoms with Gasteiger partial charge in [-0.2, -0.15) is 0 Å². The van der Waals surface area contributed by atoms with Crippen LogP contribution in [0.5, 0.6) is 0 Å². The second-order valence-electron chi connectivity index (χ2n) is 11.0. The first-order valence-electron chi connectivity index (χ1n) is 12.3. The average Bonchev–Trinajstić information content (AvgIpc) is 2.98. The summed E-state index contributed by atoms with van der Waals surface area (Å²) in [6.07, 6.45) is 12.1. The van der Waals surface area contributed by atoms with Crippen molar-refractivity contribution >= 4 is 11.9 Å². The molecule has 0 aromatic heterocycles. The van der Waals surface area contributed by atoms with Gasteiger partial charge in [0.15, 0.2) is 0 Å². The third-order valence-electron chi connectivity index (χ3n) is 9.80. The molecule has 4 aliphatic carbocycles. The van der Waals surface area contributed by atoms with E-state index >= 15 is 0 Å². The molecule has 4 rings (SSSR count). The quantitative estimate of drug-likeness (QED) is 0.418. The largest absolute Gasteiger partial charge is 0.462 e. The highest BCUT2D eigenvalue weighted by atomic mass is 16.6. The summed E-state index contributed by atoms with van der Waals surface area (Å²) in [5, 5.41) is 0. The first-order chi connectivity index (χ1) is 14.2. The van der Waals surface area contributed by atoms with Gasteiger partial charge in [0.25, 0.3) is 0 Å². The minimum atomic E-state index is -0.327. The van der Waals surface area contributed by atoms with Gasteiger partial charge in [0.1, 0.15) is 11.7 Å². The van der Waals surface area contributed by atoms with Crippen molar-refractivity contribution in [3.63, 3.8) is 0 Å². The van der Waals surface area contributed by atoms with Crippen molar-refractivity contribution in [2.45, 2.75) is 111 Å². The fraction of sp³-hybridized carbons (Fsp3) is 0.846. The molecule has 0 saturated heterocycles. The molecule has 0 heterocycles. The van der Waals surface area contributed by atoms with E-state index in [4.69, 9.17) is 9.47 Å². The molecule has 3 fully saturated rings. The molecule has 3 saturated carbocycles. The maximum absolute atomic E-state index is 12.2. The summed E-state index contributed by atoms with van der Waals surface area (Å²) in [5.41, 5.74) is 1.52. The van der Waals surface area contributed by atoms with Crippen LogP contribution in [-0.2, 0) is 19.1 Å². The maximum Gasteiger partial charge on any atom is 0.306 e. The average molecular weight is 417 g/mol. The van der Waals surface area contributed by atoms with Gasteiger partial charge in [0.05, 0.1) is 0 Å². The molecule has 4 nitrogen and oxygen atoms in total. The summed E-state index contributed by atoms with van der Waals surface area (Å²) in [6, 6.07) is 0. The zero-order valence-corrected chi connectivity index (χ0v) is 19.6. The SMILES string of the molecule is CCC(=O)O[C@@H]1CC[C@@]2(C)C(=CC[C@@H]3[C@@H]2CC[C@@]2(C)[C@H]3CC[C@]2(C)OC(=O)CC)C1. The molecule has 30 heavy (non-hydrogen) atoms. The molecule has 0 spiro atoms. The number of rotatable bonds is 4. The summed E-state index contributed by atoms with van der Waals surface area (Å²) in [5.74, 6) is 1.87. The lowest BCUT2D eigenvalue weighted by Gasteiger charge is -2.59. The Morgan fingerprint density at radius 1 is 0.967 bits per heavy atom. The van der Waals surface area contributed by atoms with Gasteiger partial charge < -0.3 is 9.47 Å². The monoisotopic (exact) mass is 416 g/mol. The maximum atomic E-state index is 12.2. The van der Waals surface area contributed by atoms with Crippen molar-refractivity contribution in [1.82, 2.24) is 0 Å². The van der Waals surface area contributed by atoms with E-state index in [0.29, 0.717) is 30.6 Å². The first-order valence-corrected chi connectivity index (χ1v) is 12.3. The van der Waals surface area contributed by atoms with Crippen LogP contribution in [0.4, 0.5) is 0 Å². The molecule has 0 unspecified atom stereocenters. The first kappa shape index (κ1) is 21.9. The Labute approximate surface area is 182 Å². The van der Waals surface area contributed by atoms with Crippen molar-refractivity contribution < 1.29 is 19.1 Å². The van der Waals surface area contributed by atoms with Gasteiger partial charge in [0, 0.05) is 24.7 Å². The fourth-order valence-corrected chi connectivity index (χ4v) is 7.71. The van der Waals surface area contributed by atoms with Gasteiger partial charge in [-0.3, -0.25) is 9.59 Å². The highest BCUT2D eigenvalue weighted by molar-refractivity contribution is 5.69. The highest BCUT2D eigenvalue weighted by Gasteiger charge is 2.64. The number of carbonyl (C=O) groups is 2. The third kappa shape index (κ3) is 3.24. The number of hydrogen-bond acceptors (Lipinski definition) is 4. The highest BCUT2D eigenvalue weighted by Crippen LogP contribution is 2.67. The van der Waals surface area contributed by atoms with E-state index in [2.05, 4.69) is 26.8 Å². The van der Waals surface area contributed by atoms with Crippen LogP contribution in [0, 0.1) is 28.6 Å². The summed E-state index contributed by atoms with van der Waals surface area (Å²) in [4.78, 5) is 24.0. The van der Waals surface area contributed by atoms with E-state index in [1.165, 1.54) is 18.4 Å². The molecule has 0 aromatic rings. The standard InChI is InChI=1S/C26H40O4/c1-6-22(27)29-18-10-13-24(3)17(16-18)8-9-19-20(24)11-14-25(4)21(19)12-15-26(25,5)30-23(28)7-2/h8,18-21H,6-7,9-16H2,1-5H3/t18-,19-,20+,21+,24+,25+,26+/m1/s1. The Morgan fingerprint density at radius 3 is 2.37 bits per heavy atom. The molecule has 0 radical (unpaired) electrons. The molecular weight excluding hydrogens is 376 g/mol. The van der Waals surface area contributed by atoms with Crippen LogP contribution in [0.3, 0.4) is 0 Å². The predicted molar refractivity (Wildman–Crippen MR) is 117 cm³/mol. The lowest BCUT2D eigenvalue weighted by molar-refractivity contribution is -0.179. The Bertz CT molecular complexity index is 741. The summed E-state index contributed by atoms with van der Waals surface area (Å²) in [7, 11) is 0. The van der Waals surface area contributed by atoms with Gasteiger partial charge in [-0.05, 0) is 75.0 Å². The summed E-state index contributed by atoms with van der Waals surface area (Å²) >= 11 is 0. The van der Waals surface area contributed by atoms with E-state index in [1.807, 2.05) is 13.8 Å². The van der Waals surface area contributed by atoms with E-state index in [-0.39, 0.29) is 34.5 Å². The van der Waals surface area contributed by atoms with Crippen molar-refractivity contribution in [1.29, 1.82) is 0 Å². The second-order valence-corrected chi connectivity index (χ2v) is 11.0. The molecule has 168 valence electrons. The molecule has 0 amide bonds. The normalized spacial score (nSPS) is 44.9. The van der Waals surface area contributed by atoms with Crippen LogP contribution < -0.4 is 0 Å². The molecule has 0 N–H and O–H groups in total. The Kier molecular flexibility index (Phi) is 5.60. The zero-order chi connectivity index (χ0) is 21.7. The summed E-state index contributed by atoms with van der Waals surface area (Å²) < 4.78 is 11.8. The predicted octanol–water partition coefficient (Wildman–Crippen LogP) is 5.98. The molecule has 0 bridgehead atoms. The van der Waals surface area contributed by atoms with Crippen LogP contribution in [0.25, 0.3) is 0 Å². The van der Waals surface area contributed by atoms with E-state index < -0.39 is 0 Å². The molecule has 4 heteroatoms. The number of esters is 2. The molecule has 4 aliphatic rings. The molecular formula is C26H40O4. The second kappa shape index (κ2) is 7.67. The van der Waals surface area contributed by atoms with Crippen LogP contribution in [0.1, 0.15) is 98.8 Å². The molecule has 7 atom stereocenters. The third-order valence-corrected chi connectivity index (χ3v) is 9.80. The number of fused-ring (bicyclic) bond motifs is 5. The molecule has 0 aromatic carbocycles. The number of hydrogen-bond donors (Lipinski definition) is 0. The smallest absolute Gasteiger partial charge is 0.306 e. The van der Waals surface area contributed by atoms with E-state index in [9.17, 15) is 9.59 Å². The van der Waals surface area contributed by atoms with Crippen LogP contribution >= 0.6 is 0 Å². The van der Waals surface area contributed by atoms with Crippen LogP contribution in [0.15, 0.2) is 11.6 Å². The van der Waals surface area contributed by atoms with Crippen LogP contribution in [0.2, 0.25) is 0 Å². The molecule has 0 aliphatic heterocycles. The van der Waals surface area contributed by atoms with Crippen molar-refractivity contribution in [2.24, 2.45) is 28.6 Å².